The van der Waals surface area contributed by atoms with Crippen LogP contribution >= 0.6 is 15.9 Å². The number of hydrogen-bond donors (Lipinski definition) is 0. The molecule has 2 aliphatic rings. The van der Waals surface area contributed by atoms with Crippen molar-refractivity contribution in [2.45, 2.75) is 25.7 Å². The molecule has 0 aromatic carbocycles. The SMILES string of the molecule is O=C1CC[C@H](C2C=CC(Br)=CC2)C1. The number of hydrogen-bond acceptors (Lipinski definition) is 1. The Bertz CT molecular complexity index is 278. The van der Waals surface area contributed by atoms with Crippen LogP contribution in [0.25, 0.3) is 0 Å². The smallest absolute Gasteiger partial charge is 0.133 e. The van der Waals surface area contributed by atoms with Crippen molar-refractivity contribution in [2.24, 2.45) is 11.8 Å². The summed E-state index contributed by atoms with van der Waals surface area (Å²) in [7, 11) is 0. The summed E-state index contributed by atoms with van der Waals surface area (Å²) in [4.78, 5) is 11.1. The topological polar surface area (TPSA) is 17.1 Å². The van der Waals surface area contributed by atoms with Gasteiger partial charge in [0.25, 0.3) is 0 Å². The highest BCUT2D eigenvalue weighted by molar-refractivity contribution is 9.11. The second-order valence-corrected chi connectivity index (χ2v) is 4.80. The molecule has 2 atom stereocenters. The molecule has 2 rings (SSSR count). The van der Waals surface area contributed by atoms with Gasteiger partial charge in [0.05, 0.1) is 0 Å². The van der Waals surface area contributed by atoms with Crippen molar-refractivity contribution in [1.29, 1.82) is 0 Å². The van der Waals surface area contributed by atoms with Crippen LogP contribution in [0.5, 0.6) is 0 Å². The Kier molecular flexibility index (Phi) is 2.68. The lowest BCUT2D eigenvalue weighted by Gasteiger charge is -2.20. The minimum absolute atomic E-state index is 0.451. The van der Waals surface area contributed by atoms with Gasteiger partial charge in [0.2, 0.25) is 0 Å². The van der Waals surface area contributed by atoms with Crippen LogP contribution in [0.4, 0.5) is 0 Å². The largest absolute Gasteiger partial charge is 0.300 e. The first-order valence-electron chi connectivity index (χ1n) is 4.81. The normalized spacial score (nSPS) is 33.6. The summed E-state index contributed by atoms with van der Waals surface area (Å²) in [6, 6.07) is 0. The van der Waals surface area contributed by atoms with Gasteiger partial charge in [-0.25, -0.2) is 0 Å². The Morgan fingerprint density at radius 1 is 1.46 bits per heavy atom. The number of rotatable bonds is 1. The zero-order valence-electron chi connectivity index (χ0n) is 7.50. The molecule has 0 saturated heterocycles. The van der Waals surface area contributed by atoms with Crippen LogP contribution in [0.1, 0.15) is 25.7 Å². The molecule has 13 heavy (non-hydrogen) atoms. The van der Waals surface area contributed by atoms with Crippen molar-refractivity contribution in [3.63, 3.8) is 0 Å². The van der Waals surface area contributed by atoms with E-state index in [1.165, 1.54) is 4.48 Å². The van der Waals surface area contributed by atoms with Crippen LogP contribution in [-0.4, -0.2) is 5.78 Å². The van der Waals surface area contributed by atoms with Crippen LogP contribution < -0.4 is 0 Å². The Morgan fingerprint density at radius 3 is 2.85 bits per heavy atom. The third-order valence-electron chi connectivity index (χ3n) is 2.98. The summed E-state index contributed by atoms with van der Waals surface area (Å²) in [5.74, 6) is 1.67. The van der Waals surface area contributed by atoms with Gasteiger partial charge in [-0.05, 0) is 24.7 Å². The molecule has 0 aromatic heterocycles. The highest BCUT2D eigenvalue weighted by Gasteiger charge is 2.28. The second kappa shape index (κ2) is 3.79. The molecule has 0 radical (unpaired) electrons. The van der Waals surface area contributed by atoms with Gasteiger partial charge in [0.1, 0.15) is 5.78 Å². The lowest BCUT2D eigenvalue weighted by Crippen LogP contribution is -2.10. The van der Waals surface area contributed by atoms with Crippen molar-refractivity contribution in [3.8, 4) is 0 Å². The van der Waals surface area contributed by atoms with Gasteiger partial charge >= 0.3 is 0 Å². The highest BCUT2D eigenvalue weighted by atomic mass is 79.9. The van der Waals surface area contributed by atoms with E-state index >= 15 is 0 Å². The average Bonchev–Trinajstić information content (AvgIpc) is 2.53. The minimum atomic E-state index is 0.451. The van der Waals surface area contributed by atoms with E-state index in [0.717, 1.165) is 25.7 Å². The highest BCUT2D eigenvalue weighted by Crippen LogP contribution is 2.34. The summed E-state index contributed by atoms with van der Waals surface area (Å²) in [5.41, 5.74) is 0. The first-order chi connectivity index (χ1) is 6.25. The number of carbonyl (C=O) groups excluding carboxylic acids is 1. The Morgan fingerprint density at radius 2 is 2.31 bits per heavy atom. The maximum absolute atomic E-state index is 11.1. The van der Waals surface area contributed by atoms with E-state index in [2.05, 4.69) is 34.2 Å². The molecule has 1 fully saturated rings. The van der Waals surface area contributed by atoms with E-state index in [-0.39, 0.29) is 0 Å². The number of carbonyl (C=O) groups is 1. The van der Waals surface area contributed by atoms with Crippen molar-refractivity contribution in [3.05, 3.63) is 22.7 Å². The van der Waals surface area contributed by atoms with Gasteiger partial charge in [-0.3, -0.25) is 4.79 Å². The first-order valence-corrected chi connectivity index (χ1v) is 5.60. The van der Waals surface area contributed by atoms with Gasteiger partial charge in [-0.1, -0.05) is 34.2 Å². The molecule has 2 heteroatoms. The molecule has 1 nitrogen and oxygen atoms in total. The fourth-order valence-electron chi connectivity index (χ4n) is 2.17. The van der Waals surface area contributed by atoms with Crippen LogP contribution in [0.3, 0.4) is 0 Å². The van der Waals surface area contributed by atoms with E-state index in [1.54, 1.807) is 0 Å². The molecule has 70 valence electrons. The van der Waals surface area contributed by atoms with Crippen molar-refractivity contribution < 1.29 is 4.79 Å². The minimum Gasteiger partial charge on any atom is -0.300 e. The van der Waals surface area contributed by atoms with Crippen LogP contribution in [0, 0.1) is 11.8 Å². The van der Waals surface area contributed by atoms with Crippen LogP contribution in [0.15, 0.2) is 22.7 Å². The molecule has 0 amide bonds. The molecule has 1 unspecified atom stereocenters. The Hall–Kier alpha value is -0.370. The molecular formula is C11H13BrO. The van der Waals surface area contributed by atoms with E-state index in [4.69, 9.17) is 0 Å². The van der Waals surface area contributed by atoms with E-state index in [1.807, 2.05) is 0 Å². The molecule has 2 aliphatic carbocycles. The summed E-state index contributed by atoms with van der Waals surface area (Å²) >= 11 is 3.44. The van der Waals surface area contributed by atoms with E-state index in [9.17, 15) is 4.79 Å². The van der Waals surface area contributed by atoms with Crippen LogP contribution in [-0.2, 0) is 4.79 Å². The molecule has 0 aliphatic heterocycles. The number of halogens is 1. The third kappa shape index (κ3) is 2.11. The lowest BCUT2D eigenvalue weighted by molar-refractivity contribution is -0.117. The second-order valence-electron chi connectivity index (χ2n) is 3.89. The molecule has 0 aromatic rings. The first kappa shape index (κ1) is 9.20. The number of allylic oxidation sites excluding steroid dienone is 4. The predicted molar refractivity (Wildman–Crippen MR) is 56.6 cm³/mol. The molecular weight excluding hydrogens is 228 g/mol. The Labute approximate surface area is 87.0 Å². The van der Waals surface area contributed by atoms with Crippen molar-refractivity contribution in [2.75, 3.05) is 0 Å². The zero-order chi connectivity index (χ0) is 9.26. The monoisotopic (exact) mass is 240 g/mol. The summed E-state index contributed by atoms with van der Waals surface area (Å²) in [5, 5.41) is 0. The Balaban J connectivity index is 1.97. The zero-order valence-corrected chi connectivity index (χ0v) is 9.09. The van der Waals surface area contributed by atoms with E-state index < -0.39 is 0 Å². The van der Waals surface area contributed by atoms with E-state index in [0.29, 0.717) is 17.6 Å². The van der Waals surface area contributed by atoms with Gasteiger partial charge in [-0.2, -0.15) is 0 Å². The van der Waals surface area contributed by atoms with Crippen molar-refractivity contribution in [1.82, 2.24) is 0 Å². The standard InChI is InChI=1S/C11H13BrO/c12-10-4-1-8(2-5-10)9-3-6-11(13)7-9/h1,4-5,8-9H,2-3,6-7H2/t8?,9-/m0/s1. The van der Waals surface area contributed by atoms with Gasteiger partial charge < -0.3 is 0 Å². The lowest BCUT2D eigenvalue weighted by atomic mass is 9.86. The summed E-state index contributed by atoms with van der Waals surface area (Å²) in [6.07, 6.45) is 10.4. The van der Waals surface area contributed by atoms with Crippen molar-refractivity contribution >= 4 is 21.7 Å². The fraction of sp³-hybridized carbons (Fsp3) is 0.545. The molecule has 1 saturated carbocycles. The number of ketones is 1. The fourth-order valence-corrected chi connectivity index (χ4v) is 2.51. The predicted octanol–water partition coefficient (Wildman–Crippen LogP) is 3.21. The molecule has 0 spiro atoms. The number of Topliss-reactive ketones (excluding diaryl/α,β-unsaturated/α-hetero) is 1. The third-order valence-corrected chi connectivity index (χ3v) is 3.57. The quantitative estimate of drug-likeness (QED) is 0.688. The summed E-state index contributed by atoms with van der Waals surface area (Å²) < 4.78 is 1.17. The molecule has 0 N–H and O–H groups in total. The van der Waals surface area contributed by atoms with Gasteiger partial charge in [0.15, 0.2) is 0 Å². The van der Waals surface area contributed by atoms with Gasteiger partial charge in [0, 0.05) is 17.3 Å². The van der Waals surface area contributed by atoms with Gasteiger partial charge in [-0.15, -0.1) is 0 Å². The molecule has 0 bridgehead atoms. The molecule has 0 heterocycles. The maximum atomic E-state index is 11.1. The summed E-state index contributed by atoms with van der Waals surface area (Å²) in [6.45, 7) is 0. The van der Waals surface area contributed by atoms with Crippen LogP contribution in [0.2, 0.25) is 0 Å². The maximum Gasteiger partial charge on any atom is 0.133 e. The average molecular weight is 241 g/mol.